The lowest BCUT2D eigenvalue weighted by atomic mass is 10.0. The van der Waals surface area contributed by atoms with E-state index in [2.05, 4.69) is 0 Å². The van der Waals surface area contributed by atoms with Crippen LogP contribution in [-0.2, 0) is 4.79 Å². The number of hydrogen-bond donors (Lipinski definition) is 0. The monoisotopic (exact) mass is 292 g/mol. The minimum atomic E-state index is -4.97. The molecule has 0 unspecified atom stereocenters. The van der Waals surface area contributed by atoms with Crippen LogP contribution >= 0.6 is 0 Å². The van der Waals surface area contributed by atoms with Crippen LogP contribution in [0.1, 0.15) is 16.8 Å². The third-order valence-corrected chi connectivity index (χ3v) is 2.95. The fourth-order valence-electron chi connectivity index (χ4n) is 1.83. The average molecular weight is 292 g/mol. The maximum Gasteiger partial charge on any atom is 0.450 e. The Morgan fingerprint density at radius 2 is 1.33 bits per heavy atom. The predicted octanol–water partition coefficient (Wildman–Crippen LogP) is 4.06. The van der Waals surface area contributed by atoms with Crippen molar-refractivity contribution >= 4 is 11.6 Å². The van der Waals surface area contributed by atoms with Crippen molar-refractivity contribution in [2.24, 2.45) is 0 Å². The highest BCUT2D eigenvalue weighted by Gasteiger charge is 2.39. The molecule has 0 N–H and O–H groups in total. The zero-order valence-corrected chi connectivity index (χ0v) is 10.9. The summed E-state index contributed by atoms with van der Waals surface area (Å²) in [6, 6.07) is 15.5. The van der Waals surface area contributed by atoms with Crippen LogP contribution in [0.15, 0.2) is 54.6 Å². The van der Waals surface area contributed by atoms with Crippen LogP contribution in [0.2, 0.25) is 0 Å². The Labute approximate surface area is 119 Å². The van der Waals surface area contributed by atoms with Gasteiger partial charge in [0.1, 0.15) is 0 Å². The average Bonchev–Trinajstić information content (AvgIpc) is 2.47. The molecule has 2 rings (SSSR count). The first-order valence-corrected chi connectivity index (χ1v) is 6.16. The van der Waals surface area contributed by atoms with E-state index in [4.69, 9.17) is 0 Å². The fraction of sp³-hybridized carbons (Fsp3) is 0.125. The molecule has 5 heteroatoms. The van der Waals surface area contributed by atoms with Crippen molar-refractivity contribution in [2.75, 3.05) is 0 Å². The summed E-state index contributed by atoms with van der Waals surface area (Å²) < 4.78 is 36.3. The SMILES string of the molecule is O=C(CC(=O)C(F)(F)F)c1ccc(-c2ccccc2)cc1. The van der Waals surface area contributed by atoms with Gasteiger partial charge in [-0.1, -0.05) is 54.6 Å². The normalized spacial score (nSPS) is 11.2. The lowest BCUT2D eigenvalue weighted by Gasteiger charge is -2.06. The van der Waals surface area contributed by atoms with Crippen molar-refractivity contribution in [3.63, 3.8) is 0 Å². The van der Waals surface area contributed by atoms with Gasteiger partial charge in [-0.25, -0.2) is 0 Å². The van der Waals surface area contributed by atoms with E-state index < -0.39 is 24.2 Å². The first kappa shape index (κ1) is 15.0. The van der Waals surface area contributed by atoms with Crippen LogP contribution in [0.5, 0.6) is 0 Å². The van der Waals surface area contributed by atoms with E-state index in [0.29, 0.717) is 0 Å². The number of carbonyl (C=O) groups excluding carboxylic acids is 2. The molecule has 0 atom stereocenters. The van der Waals surface area contributed by atoms with Crippen LogP contribution in [0.3, 0.4) is 0 Å². The van der Waals surface area contributed by atoms with Gasteiger partial charge in [0.25, 0.3) is 0 Å². The first-order valence-electron chi connectivity index (χ1n) is 6.16. The number of halogens is 3. The zero-order valence-electron chi connectivity index (χ0n) is 10.9. The van der Waals surface area contributed by atoms with Gasteiger partial charge in [0.05, 0.1) is 6.42 Å². The highest BCUT2D eigenvalue weighted by Crippen LogP contribution is 2.22. The second kappa shape index (κ2) is 5.91. The van der Waals surface area contributed by atoms with Gasteiger partial charge in [-0.15, -0.1) is 0 Å². The number of carbonyl (C=O) groups is 2. The van der Waals surface area contributed by atoms with E-state index in [1.165, 1.54) is 12.1 Å². The lowest BCUT2D eigenvalue weighted by Crippen LogP contribution is -2.25. The molecule has 0 fully saturated rings. The van der Waals surface area contributed by atoms with Gasteiger partial charge in [0.15, 0.2) is 5.78 Å². The summed E-state index contributed by atoms with van der Waals surface area (Å²) in [5.41, 5.74) is 1.87. The summed E-state index contributed by atoms with van der Waals surface area (Å²) in [6.07, 6.45) is -6.13. The minimum Gasteiger partial charge on any atom is -0.294 e. The van der Waals surface area contributed by atoms with E-state index in [1.54, 1.807) is 12.1 Å². The molecule has 0 aliphatic carbocycles. The smallest absolute Gasteiger partial charge is 0.294 e. The summed E-state index contributed by atoms with van der Waals surface area (Å²) in [7, 11) is 0. The molecule has 0 amide bonds. The number of alkyl halides is 3. The van der Waals surface area contributed by atoms with Crippen LogP contribution in [-0.4, -0.2) is 17.7 Å². The predicted molar refractivity (Wildman–Crippen MR) is 71.9 cm³/mol. The lowest BCUT2D eigenvalue weighted by molar-refractivity contribution is -0.170. The molecule has 2 nitrogen and oxygen atoms in total. The maximum atomic E-state index is 12.1. The van der Waals surface area contributed by atoms with Gasteiger partial charge < -0.3 is 0 Å². The third-order valence-electron chi connectivity index (χ3n) is 2.95. The quantitative estimate of drug-likeness (QED) is 0.629. The summed E-state index contributed by atoms with van der Waals surface area (Å²) >= 11 is 0. The van der Waals surface area contributed by atoms with Crippen molar-refractivity contribution in [3.8, 4) is 11.1 Å². The molecule has 0 spiro atoms. The highest BCUT2D eigenvalue weighted by atomic mass is 19.4. The van der Waals surface area contributed by atoms with E-state index in [0.717, 1.165) is 11.1 Å². The van der Waals surface area contributed by atoms with Gasteiger partial charge in [0.2, 0.25) is 5.78 Å². The number of Topliss-reactive ketones (excluding diaryl/α,β-unsaturated/α-hetero) is 2. The molecule has 2 aromatic rings. The van der Waals surface area contributed by atoms with Crippen molar-refractivity contribution in [2.45, 2.75) is 12.6 Å². The van der Waals surface area contributed by atoms with Crippen LogP contribution in [0.4, 0.5) is 13.2 Å². The first-order chi connectivity index (χ1) is 9.88. The van der Waals surface area contributed by atoms with Crippen molar-refractivity contribution in [1.29, 1.82) is 0 Å². The topological polar surface area (TPSA) is 34.1 Å². The van der Waals surface area contributed by atoms with Crippen molar-refractivity contribution in [3.05, 3.63) is 60.2 Å². The Morgan fingerprint density at radius 3 is 1.86 bits per heavy atom. The van der Waals surface area contributed by atoms with E-state index in [-0.39, 0.29) is 5.56 Å². The number of benzene rings is 2. The molecule has 0 bridgehead atoms. The van der Waals surface area contributed by atoms with Crippen LogP contribution < -0.4 is 0 Å². The molecule has 2 aromatic carbocycles. The van der Waals surface area contributed by atoms with Crippen molar-refractivity contribution < 1.29 is 22.8 Å². The van der Waals surface area contributed by atoms with Gasteiger partial charge in [-0.05, 0) is 11.1 Å². The molecule has 21 heavy (non-hydrogen) atoms. The van der Waals surface area contributed by atoms with E-state index in [1.807, 2.05) is 30.3 Å². The third kappa shape index (κ3) is 3.78. The maximum absolute atomic E-state index is 12.1. The van der Waals surface area contributed by atoms with Gasteiger partial charge in [0, 0.05) is 5.56 Å². The Kier molecular flexibility index (Phi) is 4.21. The number of rotatable bonds is 4. The fourth-order valence-corrected chi connectivity index (χ4v) is 1.83. The van der Waals surface area contributed by atoms with Crippen LogP contribution in [0, 0.1) is 0 Å². The standard InChI is InChI=1S/C16H11F3O2/c17-16(18,19)15(21)10-14(20)13-8-6-12(7-9-13)11-4-2-1-3-5-11/h1-9H,10H2. The Morgan fingerprint density at radius 1 is 0.810 bits per heavy atom. The molecule has 0 saturated carbocycles. The summed E-state index contributed by atoms with van der Waals surface area (Å²) in [4.78, 5) is 22.4. The Bertz CT molecular complexity index is 643. The minimum absolute atomic E-state index is 0.0901. The second-order valence-electron chi connectivity index (χ2n) is 4.46. The Balaban J connectivity index is 2.13. The largest absolute Gasteiger partial charge is 0.450 e. The Hall–Kier alpha value is -2.43. The molecular formula is C16H11F3O2. The zero-order chi connectivity index (χ0) is 15.5. The van der Waals surface area contributed by atoms with Crippen LogP contribution in [0.25, 0.3) is 11.1 Å². The molecule has 0 aliphatic rings. The molecular weight excluding hydrogens is 281 g/mol. The van der Waals surface area contributed by atoms with Gasteiger partial charge >= 0.3 is 6.18 Å². The molecule has 108 valence electrons. The van der Waals surface area contributed by atoms with E-state index >= 15 is 0 Å². The summed E-state index contributed by atoms with van der Waals surface area (Å²) in [6.45, 7) is 0. The number of ketones is 2. The highest BCUT2D eigenvalue weighted by molar-refractivity contribution is 6.09. The molecule has 0 aliphatic heterocycles. The van der Waals surface area contributed by atoms with Gasteiger partial charge in [-0.3, -0.25) is 9.59 Å². The molecule has 0 aromatic heterocycles. The molecule has 0 saturated heterocycles. The van der Waals surface area contributed by atoms with E-state index in [9.17, 15) is 22.8 Å². The number of hydrogen-bond acceptors (Lipinski definition) is 2. The van der Waals surface area contributed by atoms with Crippen molar-refractivity contribution in [1.82, 2.24) is 0 Å². The van der Waals surface area contributed by atoms with Gasteiger partial charge in [-0.2, -0.15) is 13.2 Å². The second-order valence-corrected chi connectivity index (χ2v) is 4.46. The summed E-state index contributed by atoms with van der Waals surface area (Å²) in [5, 5.41) is 0. The molecule has 0 heterocycles. The molecule has 0 radical (unpaired) electrons. The summed E-state index contributed by atoms with van der Waals surface area (Å²) in [5.74, 6) is -2.86.